The fourth-order valence-corrected chi connectivity index (χ4v) is 4.19. The normalized spacial score (nSPS) is 12.1. The van der Waals surface area contributed by atoms with Gasteiger partial charge in [0.05, 0.1) is 16.6 Å². The van der Waals surface area contributed by atoms with Crippen LogP contribution in [0.4, 0.5) is 10.8 Å². The maximum atomic E-state index is 12.8. The molecule has 136 valence electrons. The highest BCUT2D eigenvalue weighted by molar-refractivity contribution is 8.02. The highest BCUT2D eigenvalue weighted by atomic mass is 32.2. The van der Waals surface area contributed by atoms with Crippen LogP contribution in [0.2, 0.25) is 0 Å². The third-order valence-corrected chi connectivity index (χ3v) is 5.81. The largest absolute Gasteiger partial charge is 0.374 e. The van der Waals surface area contributed by atoms with Crippen molar-refractivity contribution in [2.24, 2.45) is 7.05 Å². The van der Waals surface area contributed by atoms with Crippen LogP contribution in [-0.4, -0.2) is 30.7 Å². The van der Waals surface area contributed by atoms with E-state index in [9.17, 15) is 9.59 Å². The molecule has 0 bridgehead atoms. The zero-order valence-electron chi connectivity index (χ0n) is 14.5. The molecule has 0 radical (unpaired) electrons. The van der Waals surface area contributed by atoms with E-state index in [1.165, 1.54) is 27.8 Å². The van der Waals surface area contributed by atoms with Gasteiger partial charge in [-0.3, -0.25) is 14.3 Å². The van der Waals surface area contributed by atoms with Gasteiger partial charge in [0.2, 0.25) is 11.0 Å². The summed E-state index contributed by atoms with van der Waals surface area (Å²) in [6, 6.07) is 9.27. The van der Waals surface area contributed by atoms with Gasteiger partial charge in [-0.15, -0.1) is 10.2 Å². The number of nitrogens with two attached hydrogens (primary N) is 1. The summed E-state index contributed by atoms with van der Waals surface area (Å²) in [5.41, 5.74) is 6.95. The minimum atomic E-state index is -0.452. The lowest BCUT2D eigenvalue weighted by atomic mass is 10.3. The lowest BCUT2D eigenvalue weighted by Crippen LogP contribution is -2.27. The van der Waals surface area contributed by atoms with E-state index < -0.39 is 5.25 Å². The fourth-order valence-electron chi connectivity index (χ4n) is 2.41. The Balaban J connectivity index is 1.84. The maximum absolute atomic E-state index is 12.8. The highest BCUT2D eigenvalue weighted by Crippen LogP contribution is 2.28. The van der Waals surface area contributed by atoms with E-state index in [1.54, 1.807) is 25.6 Å². The first-order valence-corrected chi connectivity index (χ1v) is 9.48. The summed E-state index contributed by atoms with van der Waals surface area (Å²) in [5.74, 6) is -0.283. The second kappa shape index (κ2) is 7.34. The van der Waals surface area contributed by atoms with E-state index in [0.29, 0.717) is 15.2 Å². The topological polar surface area (TPSA) is 108 Å². The molecule has 0 fully saturated rings. The first-order chi connectivity index (χ1) is 12.4. The van der Waals surface area contributed by atoms with Crippen molar-refractivity contribution in [1.29, 1.82) is 0 Å². The van der Waals surface area contributed by atoms with Crippen molar-refractivity contribution in [3.8, 4) is 5.69 Å². The molecule has 0 saturated heterocycles. The second-order valence-electron chi connectivity index (χ2n) is 5.59. The molecule has 26 heavy (non-hydrogen) atoms. The molecule has 1 unspecified atom stereocenters. The number of amides is 1. The van der Waals surface area contributed by atoms with Gasteiger partial charge in [0.25, 0.3) is 5.56 Å². The average molecular weight is 390 g/mol. The van der Waals surface area contributed by atoms with Crippen LogP contribution in [0, 0.1) is 6.92 Å². The van der Waals surface area contributed by atoms with E-state index in [1.807, 2.05) is 30.3 Å². The van der Waals surface area contributed by atoms with Crippen LogP contribution in [0.5, 0.6) is 0 Å². The molecule has 8 nitrogen and oxygen atoms in total. The average Bonchev–Trinajstić information content (AvgIpc) is 3.12. The Bertz CT molecular complexity index is 992. The van der Waals surface area contributed by atoms with Crippen LogP contribution < -0.4 is 16.6 Å². The number of nitrogens with one attached hydrogen (secondary N) is 1. The maximum Gasteiger partial charge on any atom is 0.295 e. The molecule has 3 N–H and O–H groups in total. The Morgan fingerprint density at radius 2 is 2.00 bits per heavy atom. The lowest BCUT2D eigenvalue weighted by Gasteiger charge is -2.09. The standard InChI is InChI=1S/C16H18N6O2S2/c1-9-12(14(24)22(21(9)3)11-7-5-4-6-8-11)18-13(23)10(2)25-16-20-19-15(17)26-16/h4-8,10H,1-3H3,(H2,17,19)(H,18,23). The van der Waals surface area contributed by atoms with Crippen LogP contribution in [0.15, 0.2) is 39.5 Å². The summed E-state index contributed by atoms with van der Waals surface area (Å²) < 4.78 is 3.85. The molecule has 1 aromatic carbocycles. The van der Waals surface area contributed by atoms with Gasteiger partial charge >= 0.3 is 0 Å². The second-order valence-corrected chi connectivity index (χ2v) is 8.19. The van der Waals surface area contributed by atoms with Crippen molar-refractivity contribution in [2.75, 3.05) is 11.1 Å². The van der Waals surface area contributed by atoms with Gasteiger partial charge in [-0.1, -0.05) is 41.3 Å². The Labute approximate surface area is 158 Å². The van der Waals surface area contributed by atoms with Crippen LogP contribution >= 0.6 is 23.1 Å². The smallest absolute Gasteiger partial charge is 0.295 e. The van der Waals surface area contributed by atoms with E-state index in [4.69, 9.17) is 5.73 Å². The summed E-state index contributed by atoms with van der Waals surface area (Å²) in [4.78, 5) is 25.3. The number of hydrogen-bond donors (Lipinski definition) is 2. The molecule has 0 aliphatic rings. The molecule has 0 aliphatic carbocycles. The van der Waals surface area contributed by atoms with Gasteiger partial charge in [0.1, 0.15) is 5.69 Å². The van der Waals surface area contributed by atoms with E-state index >= 15 is 0 Å². The number of para-hydroxylation sites is 1. The van der Waals surface area contributed by atoms with Crippen LogP contribution in [0.25, 0.3) is 5.69 Å². The minimum Gasteiger partial charge on any atom is -0.374 e. The van der Waals surface area contributed by atoms with Crippen LogP contribution in [0.1, 0.15) is 12.6 Å². The van der Waals surface area contributed by atoms with E-state index in [2.05, 4.69) is 15.5 Å². The molecule has 0 aliphatic heterocycles. The molecule has 3 aromatic rings. The number of carbonyl (C=O) groups is 1. The predicted octanol–water partition coefficient (Wildman–Crippen LogP) is 2.04. The molecule has 3 rings (SSSR count). The molecule has 1 atom stereocenters. The Morgan fingerprint density at radius 1 is 1.31 bits per heavy atom. The van der Waals surface area contributed by atoms with Gasteiger partial charge < -0.3 is 11.1 Å². The Morgan fingerprint density at radius 3 is 2.62 bits per heavy atom. The van der Waals surface area contributed by atoms with Crippen molar-refractivity contribution in [3.63, 3.8) is 0 Å². The van der Waals surface area contributed by atoms with Gasteiger partial charge in [-0.05, 0) is 26.0 Å². The zero-order valence-corrected chi connectivity index (χ0v) is 16.1. The number of carbonyl (C=O) groups excluding carboxylic acids is 1. The van der Waals surface area contributed by atoms with E-state index in [0.717, 1.165) is 5.69 Å². The number of benzene rings is 1. The van der Waals surface area contributed by atoms with Crippen LogP contribution in [0.3, 0.4) is 0 Å². The number of nitrogen functional groups attached to an aromatic ring is 1. The Kier molecular flexibility index (Phi) is 5.14. The van der Waals surface area contributed by atoms with Gasteiger partial charge in [0, 0.05) is 7.05 Å². The van der Waals surface area contributed by atoms with Crippen molar-refractivity contribution in [1.82, 2.24) is 19.6 Å². The molecule has 0 spiro atoms. The first kappa shape index (κ1) is 18.2. The molecule has 10 heteroatoms. The molecule has 0 saturated carbocycles. The number of nitrogens with zero attached hydrogens (tertiary/aromatic N) is 4. The monoisotopic (exact) mass is 390 g/mol. The number of thioether (sulfide) groups is 1. The third-order valence-electron chi connectivity index (χ3n) is 3.87. The number of anilines is 2. The third kappa shape index (κ3) is 3.51. The Hall–Kier alpha value is -2.59. The summed E-state index contributed by atoms with van der Waals surface area (Å²) in [6.07, 6.45) is 0. The molecule has 1 amide bonds. The molecule has 2 heterocycles. The summed E-state index contributed by atoms with van der Waals surface area (Å²) in [5, 5.41) is 10.3. The van der Waals surface area contributed by atoms with Gasteiger partial charge in [0.15, 0.2) is 4.34 Å². The highest BCUT2D eigenvalue weighted by Gasteiger charge is 2.22. The number of hydrogen-bond acceptors (Lipinski definition) is 7. The number of aromatic nitrogens is 4. The molecular formula is C16H18N6O2S2. The van der Waals surface area contributed by atoms with Gasteiger partial charge in [-0.2, -0.15) is 0 Å². The van der Waals surface area contributed by atoms with Crippen molar-refractivity contribution in [3.05, 3.63) is 46.4 Å². The SMILES string of the molecule is Cc1c(NC(=O)C(C)Sc2nnc(N)s2)c(=O)n(-c2ccccc2)n1C. The molecular weight excluding hydrogens is 372 g/mol. The first-order valence-electron chi connectivity index (χ1n) is 7.79. The fraction of sp³-hybridized carbons (Fsp3) is 0.250. The lowest BCUT2D eigenvalue weighted by molar-refractivity contribution is -0.115. The number of rotatable bonds is 5. The summed E-state index contributed by atoms with van der Waals surface area (Å²) in [7, 11) is 1.78. The minimum absolute atomic E-state index is 0.269. The van der Waals surface area contributed by atoms with Crippen molar-refractivity contribution in [2.45, 2.75) is 23.4 Å². The predicted molar refractivity (Wildman–Crippen MR) is 104 cm³/mol. The quantitative estimate of drug-likeness (QED) is 0.646. The summed E-state index contributed by atoms with van der Waals surface area (Å²) >= 11 is 2.47. The van der Waals surface area contributed by atoms with E-state index in [-0.39, 0.29) is 17.2 Å². The van der Waals surface area contributed by atoms with Crippen molar-refractivity contribution < 1.29 is 4.79 Å². The van der Waals surface area contributed by atoms with Crippen molar-refractivity contribution >= 4 is 39.8 Å². The molecule has 2 aromatic heterocycles. The summed E-state index contributed by atoms with van der Waals surface area (Å²) in [6.45, 7) is 3.53. The van der Waals surface area contributed by atoms with Gasteiger partial charge in [-0.25, -0.2) is 4.68 Å². The zero-order chi connectivity index (χ0) is 18.8. The van der Waals surface area contributed by atoms with Crippen LogP contribution in [-0.2, 0) is 11.8 Å².